The van der Waals surface area contributed by atoms with E-state index in [9.17, 15) is 22.8 Å². The first kappa shape index (κ1) is 23.7. The summed E-state index contributed by atoms with van der Waals surface area (Å²) in [6.45, 7) is 5.35. The van der Waals surface area contributed by atoms with Crippen LogP contribution in [0.2, 0.25) is 0 Å². The van der Waals surface area contributed by atoms with Crippen molar-refractivity contribution in [2.24, 2.45) is 0 Å². The summed E-state index contributed by atoms with van der Waals surface area (Å²) in [7, 11) is 2.01. The Bertz CT molecular complexity index is 1030. The van der Waals surface area contributed by atoms with Crippen LogP contribution in [0.15, 0.2) is 11.4 Å². The number of likely N-dealkylation sites (N-methyl/N-ethyl adjacent to an activating group) is 1. The molecular formula is C22H27F3N4O3S. The van der Waals surface area contributed by atoms with Crippen LogP contribution >= 0.6 is 11.3 Å². The molecule has 0 radical (unpaired) electrons. The van der Waals surface area contributed by atoms with Crippen LogP contribution in [0.4, 0.5) is 23.8 Å². The fourth-order valence-corrected chi connectivity index (χ4v) is 5.21. The van der Waals surface area contributed by atoms with Gasteiger partial charge in [0.05, 0.1) is 21.3 Å². The Labute approximate surface area is 194 Å². The first-order valence-electron chi connectivity index (χ1n) is 11.1. The Morgan fingerprint density at radius 1 is 1.15 bits per heavy atom. The van der Waals surface area contributed by atoms with Crippen molar-refractivity contribution in [2.75, 3.05) is 51.2 Å². The predicted octanol–water partition coefficient (Wildman–Crippen LogP) is 4.26. The molecular weight excluding hydrogens is 457 g/mol. The number of carbonyl (C=O) groups excluding carboxylic acids is 2. The molecule has 2 saturated heterocycles. The van der Waals surface area contributed by atoms with E-state index in [1.165, 1.54) is 5.38 Å². The second kappa shape index (κ2) is 9.46. The number of ketones is 1. The number of fused-ring (bicyclic) bond motifs is 1. The first-order chi connectivity index (χ1) is 15.7. The van der Waals surface area contributed by atoms with E-state index in [1.807, 2.05) is 7.05 Å². The number of hydrogen-bond acceptors (Lipinski definition) is 7. The molecule has 2 fully saturated rings. The minimum absolute atomic E-state index is 0.0148. The van der Waals surface area contributed by atoms with Gasteiger partial charge in [-0.3, -0.25) is 4.79 Å². The molecule has 0 saturated carbocycles. The average Bonchev–Trinajstić information content (AvgIpc) is 3.22. The zero-order chi connectivity index (χ0) is 23.8. The number of pyridine rings is 1. The van der Waals surface area contributed by atoms with E-state index in [2.05, 4.69) is 9.88 Å². The van der Waals surface area contributed by atoms with Crippen LogP contribution in [0, 0.1) is 0 Å². The number of aromatic nitrogens is 1. The van der Waals surface area contributed by atoms with E-state index in [4.69, 9.17) is 4.74 Å². The number of anilines is 1. The maximum Gasteiger partial charge on any atom is 0.417 e. The lowest BCUT2D eigenvalue weighted by atomic mass is 10.1. The molecule has 0 aliphatic carbocycles. The normalized spacial score (nSPS) is 18.7. The van der Waals surface area contributed by atoms with E-state index < -0.39 is 11.7 Å². The molecule has 0 atom stereocenters. The highest BCUT2D eigenvalue weighted by Crippen LogP contribution is 2.40. The number of ether oxygens (including phenoxy) is 1. The standard InChI is InChI=1S/C22H27F3N4O3S/c1-3-17(30)15-13-33-20-16(22(23,24)25)12-18(26-19(15)20)28-6-4-14(5-7-28)32-21(31)29-10-8-27(2)9-11-29/h12-14H,3-11H2,1-2H3. The topological polar surface area (TPSA) is 66.0 Å². The maximum atomic E-state index is 13.8. The van der Waals surface area contributed by atoms with Gasteiger partial charge in [0, 0.05) is 63.9 Å². The number of thiophene rings is 1. The number of alkyl halides is 3. The van der Waals surface area contributed by atoms with E-state index >= 15 is 0 Å². The lowest BCUT2D eigenvalue weighted by molar-refractivity contribution is -0.136. The molecule has 1 amide bonds. The minimum Gasteiger partial charge on any atom is -0.446 e. The summed E-state index contributed by atoms with van der Waals surface area (Å²) in [6.07, 6.45) is -3.96. The molecule has 180 valence electrons. The molecule has 2 aliphatic heterocycles. The molecule has 33 heavy (non-hydrogen) atoms. The van der Waals surface area contributed by atoms with Crippen molar-refractivity contribution in [3.8, 4) is 0 Å². The van der Waals surface area contributed by atoms with Crippen LogP contribution in [0.3, 0.4) is 0 Å². The van der Waals surface area contributed by atoms with Gasteiger partial charge in [0.2, 0.25) is 0 Å². The Morgan fingerprint density at radius 3 is 2.42 bits per heavy atom. The number of nitrogens with zero attached hydrogens (tertiary/aromatic N) is 4. The van der Waals surface area contributed by atoms with Crippen molar-refractivity contribution in [1.82, 2.24) is 14.8 Å². The lowest BCUT2D eigenvalue weighted by Gasteiger charge is -2.35. The Kier molecular flexibility index (Phi) is 6.81. The molecule has 4 heterocycles. The maximum absolute atomic E-state index is 13.8. The molecule has 2 aromatic rings. The molecule has 2 aromatic heterocycles. The summed E-state index contributed by atoms with van der Waals surface area (Å²) in [6, 6.07) is 1.07. The van der Waals surface area contributed by atoms with Crippen LogP contribution < -0.4 is 4.90 Å². The molecule has 7 nitrogen and oxygen atoms in total. The molecule has 2 aliphatic rings. The second-order valence-corrected chi connectivity index (χ2v) is 9.37. The summed E-state index contributed by atoms with van der Waals surface area (Å²) in [5.41, 5.74) is -0.424. The van der Waals surface area contributed by atoms with Gasteiger partial charge in [0.1, 0.15) is 11.9 Å². The van der Waals surface area contributed by atoms with Crippen molar-refractivity contribution in [2.45, 2.75) is 38.5 Å². The SMILES string of the molecule is CCC(=O)c1csc2c(C(F)(F)F)cc(N3CCC(OC(=O)N4CCN(C)CC4)CC3)nc12. The van der Waals surface area contributed by atoms with Gasteiger partial charge in [-0.1, -0.05) is 6.92 Å². The number of piperazine rings is 1. The van der Waals surface area contributed by atoms with Crippen molar-refractivity contribution >= 4 is 39.2 Å². The summed E-state index contributed by atoms with van der Waals surface area (Å²) >= 11 is 0.900. The summed E-state index contributed by atoms with van der Waals surface area (Å²) in [5.74, 6) is -0.0317. The number of halogens is 3. The van der Waals surface area contributed by atoms with Crippen LogP contribution in [0.25, 0.3) is 10.2 Å². The number of piperidine rings is 1. The van der Waals surface area contributed by atoms with Crippen molar-refractivity contribution < 1.29 is 27.5 Å². The predicted molar refractivity (Wildman–Crippen MR) is 120 cm³/mol. The van der Waals surface area contributed by atoms with Gasteiger partial charge < -0.3 is 19.4 Å². The van der Waals surface area contributed by atoms with E-state index in [1.54, 1.807) is 16.7 Å². The number of rotatable bonds is 4. The minimum atomic E-state index is -4.55. The molecule has 0 spiro atoms. The fourth-order valence-electron chi connectivity index (χ4n) is 4.16. The monoisotopic (exact) mass is 484 g/mol. The van der Waals surface area contributed by atoms with Crippen molar-refractivity contribution in [3.63, 3.8) is 0 Å². The lowest BCUT2D eigenvalue weighted by Crippen LogP contribution is -2.48. The third-order valence-electron chi connectivity index (χ3n) is 6.23. The van der Waals surface area contributed by atoms with Crippen molar-refractivity contribution in [1.29, 1.82) is 0 Å². The Hall–Kier alpha value is -2.40. The van der Waals surface area contributed by atoms with Gasteiger partial charge in [-0.25, -0.2) is 9.78 Å². The molecule has 0 aromatic carbocycles. The van der Waals surface area contributed by atoms with Crippen LogP contribution in [0.1, 0.15) is 42.1 Å². The summed E-state index contributed by atoms with van der Waals surface area (Å²) in [5, 5.41) is 1.46. The highest BCUT2D eigenvalue weighted by Gasteiger charge is 2.36. The average molecular weight is 485 g/mol. The summed E-state index contributed by atoms with van der Waals surface area (Å²) < 4.78 is 47.0. The van der Waals surface area contributed by atoms with E-state index in [0.717, 1.165) is 30.5 Å². The fraction of sp³-hybridized carbons (Fsp3) is 0.591. The van der Waals surface area contributed by atoms with Crippen LogP contribution in [-0.2, 0) is 10.9 Å². The molecule has 0 unspecified atom stereocenters. The number of carbonyl (C=O) groups is 2. The smallest absolute Gasteiger partial charge is 0.417 e. The van der Waals surface area contributed by atoms with Crippen LogP contribution in [-0.4, -0.2) is 79.1 Å². The Balaban J connectivity index is 1.48. The molecule has 4 rings (SSSR count). The zero-order valence-electron chi connectivity index (χ0n) is 18.7. The first-order valence-corrected chi connectivity index (χ1v) is 12.0. The largest absolute Gasteiger partial charge is 0.446 e. The molecule has 0 bridgehead atoms. The summed E-state index contributed by atoms with van der Waals surface area (Å²) in [4.78, 5) is 34.8. The van der Waals surface area contributed by atoms with Gasteiger partial charge in [0.25, 0.3) is 0 Å². The molecule has 11 heteroatoms. The Morgan fingerprint density at radius 2 is 1.82 bits per heavy atom. The van der Waals surface area contributed by atoms with Gasteiger partial charge in [-0.05, 0) is 13.1 Å². The van der Waals surface area contributed by atoms with Crippen molar-refractivity contribution in [3.05, 3.63) is 22.6 Å². The second-order valence-electron chi connectivity index (χ2n) is 8.49. The highest BCUT2D eigenvalue weighted by atomic mass is 32.1. The van der Waals surface area contributed by atoms with Gasteiger partial charge >= 0.3 is 12.3 Å². The van der Waals surface area contributed by atoms with E-state index in [-0.39, 0.29) is 46.0 Å². The molecule has 0 N–H and O–H groups in total. The highest BCUT2D eigenvalue weighted by molar-refractivity contribution is 7.17. The van der Waals surface area contributed by atoms with Gasteiger partial charge in [-0.2, -0.15) is 13.2 Å². The number of hydrogen-bond donors (Lipinski definition) is 0. The number of amides is 1. The number of Topliss-reactive ketones (excluding diaryl/α,β-unsaturated/α-hetero) is 1. The third-order valence-corrected chi connectivity index (χ3v) is 7.23. The van der Waals surface area contributed by atoms with Gasteiger partial charge in [0.15, 0.2) is 5.78 Å². The quantitative estimate of drug-likeness (QED) is 0.605. The van der Waals surface area contributed by atoms with E-state index in [0.29, 0.717) is 39.0 Å². The zero-order valence-corrected chi connectivity index (χ0v) is 19.5. The van der Waals surface area contributed by atoms with Gasteiger partial charge in [-0.15, -0.1) is 11.3 Å². The third kappa shape index (κ3) is 5.08. The van der Waals surface area contributed by atoms with Crippen LogP contribution in [0.5, 0.6) is 0 Å².